The number of carbonyl (C=O) groups excluding carboxylic acids is 3. The number of urea groups is 1. The standard InChI is InChI=1S/C15H21Cl2N3O3/c1-13(9-15(13,16)17)10(21)18-7-4-8-20-11(22)14(19-12(20)23)5-2-3-6-14/h2-9H2,1H3,(H,18,21)(H,19,23)/t13-/m0/s1. The highest BCUT2D eigenvalue weighted by molar-refractivity contribution is 6.53. The molecule has 2 aliphatic carbocycles. The number of nitrogens with one attached hydrogen (secondary N) is 2. The molecule has 0 aromatic heterocycles. The third kappa shape index (κ3) is 2.70. The second-order valence-electron chi connectivity index (χ2n) is 7.00. The molecule has 0 aromatic carbocycles. The van der Waals surface area contributed by atoms with Crippen molar-refractivity contribution in [2.45, 2.75) is 55.3 Å². The first-order valence-electron chi connectivity index (χ1n) is 8.02. The van der Waals surface area contributed by atoms with Crippen molar-refractivity contribution in [1.29, 1.82) is 0 Å². The SMILES string of the molecule is C[C@@]1(C(=O)NCCCN2C(=O)NC3(CCCC3)C2=O)CC1(Cl)Cl. The van der Waals surface area contributed by atoms with E-state index >= 15 is 0 Å². The van der Waals surface area contributed by atoms with Crippen LogP contribution in [0.25, 0.3) is 0 Å². The molecule has 2 saturated carbocycles. The fourth-order valence-electron chi connectivity index (χ4n) is 3.48. The summed E-state index contributed by atoms with van der Waals surface area (Å²) in [5.41, 5.74) is -1.41. The lowest BCUT2D eigenvalue weighted by molar-refractivity contribution is -0.131. The van der Waals surface area contributed by atoms with E-state index in [0.29, 0.717) is 25.9 Å². The molecule has 3 fully saturated rings. The monoisotopic (exact) mass is 361 g/mol. The predicted octanol–water partition coefficient (Wildman–Crippen LogP) is 1.94. The highest BCUT2D eigenvalue weighted by Crippen LogP contribution is 2.63. The fraction of sp³-hybridized carbons (Fsp3) is 0.800. The molecule has 23 heavy (non-hydrogen) atoms. The van der Waals surface area contributed by atoms with E-state index in [1.807, 2.05) is 0 Å². The van der Waals surface area contributed by atoms with Crippen molar-refractivity contribution in [3.05, 3.63) is 0 Å². The molecule has 0 bridgehead atoms. The summed E-state index contributed by atoms with van der Waals surface area (Å²) in [6, 6.07) is -0.321. The molecule has 8 heteroatoms. The minimum Gasteiger partial charge on any atom is -0.355 e. The van der Waals surface area contributed by atoms with Gasteiger partial charge in [0, 0.05) is 13.1 Å². The van der Waals surface area contributed by atoms with Crippen LogP contribution in [0.3, 0.4) is 0 Å². The predicted molar refractivity (Wildman–Crippen MR) is 86.2 cm³/mol. The minimum atomic E-state index is -0.989. The number of hydrogen-bond acceptors (Lipinski definition) is 3. The molecular weight excluding hydrogens is 341 g/mol. The summed E-state index contributed by atoms with van der Waals surface area (Å²) >= 11 is 11.9. The van der Waals surface area contributed by atoms with Gasteiger partial charge in [-0.25, -0.2) is 4.79 Å². The second-order valence-corrected chi connectivity index (χ2v) is 8.48. The van der Waals surface area contributed by atoms with Crippen LogP contribution in [-0.4, -0.2) is 45.7 Å². The van der Waals surface area contributed by atoms with Crippen LogP contribution in [0.5, 0.6) is 0 Å². The van der Waals surface area contributed by atoms with Crippen molar-refractivity contribution in [2.75, 3.05) is 13.1 Å². The highest BCUT2D eigenvalue weighted by atomic mass is 35.5. The quantitative estimate of drug-likeness (QED) is 0.446. The Kier molecular flexibility index (Phi) is 4.04. The van der Waals surface area contributed by atoms with Crippen LogP contribution in [-0.2, 0) is 9.59 Å². The Bertz CT molecular complexity index is 560. The smallest absolute Gasteiger partial charge is 0.325 e. The number of rotatable bonds is 5. The van der Waals surface area contributed by atoms with Gasteiger partial charge in [-0.15, -0.1) is 23.2 Å². The molecule has 1 saturated heterocycles. The first kappa shape index (κ1) is 16.8. The third-order valence-corrected chi connectivity index (χ3v) is 6.41. The summed E-state index contributed by atoms with van der Waals surface area (Å²) < 4.78 is -0.989. The van der Waals surface area contributed by atoms with E-state index in [2.05, 4.69) is 10.6 Å². The normalized spacial score (nSPS) is 30.7. The minimum absolute atomic E-state index is 0.124. The number of hydrogen-bond donors (Lipinski definition) is 2. The van der Waals surface area contributed by atoms with Crippen molar-refractivity contribution in [3.8, 4) is 0 Å². The maximum atomic E-state index is 12.4. The summed E-state index contributed by atoms with van der Waals surface area (Å²) in [5, 5.41) is 5.62. The number of carbonyl (C=O) groups is 3. The van der Waals surface area contributed by atoms with Gasteiger partial charge in [0.05, 0.1) is 5.41 Å². The molecule has 128 valence electrons. The lowest BCUT2D eigenvalue weighted by atomic mass is 9.98. The summed E-state index contributed by atoms with van der Waals surface area (Å²) in [5.74, 6) is -0.312. The Labute approximate surface area is 145 Å². The van der Waals surface area contributed by atoms with E-state index in [0.717, 1.165) is 25.7 Å². The maximum absolute atomic E-state index is 12.4. The van der Waals surface area contributed by atoms with Gasteiger partial charge in [-0.1, -0.05) is 12.8 Å². The maximum Gasteiger partial charge on any atom is 0.325 e. The van der Waals surface area contributed by atoms with Crippen LogP contribution in [0, 0.1) is 5.41 Å². The van der Waals surface area contributed by atoms with Gasteiger partial charge >= 0.3 is 6.03 Å². The Hall–Kier alpha value is -1.01. The van der Waals surface area contributed by atoms with Gasteiger partial charge in [-0.3, -0.25) is 14.5 Å². The van der Waals surface area contributed by atoms with Gasteiger partial charge < -0.3 is 10.6 Å². The van der Waals surface area contributed by atoms with E-state index in [9.17, 15) is 14.4 Å². The van der Waals surface area contributed by atoms with Crippen molar-refractivity contribution < 1.29 is 14.4 Å². The number of imide groups is 1. The van der Waals surface area contributed by atoms with E-state index in [1.165, 1.54) is 4.90 Å². The average Bonchev–Trinajstić information content (AvgIpc) is 2.82. The number of alkyl halides is 2. The molecular formula is C15H21Cl2N3O3. The number of halogens is 2. The molecule has 6 nitrogen and oxygen atoms in total. The summed E-state index contributed by atoms with van der Waals surface area (Å²) in [4.78, 5) is 37.7. The Morgan fingerprint density at radius 2 is 1.91 bits per heavy atom. The van der Waals surface area contributed by atoms with Gasteiger partial charge in [-0.2, -0.15) is 0 Å². The van der Waals surface area contributed by atoms with Crippen molar-refractivity contribution >= 4 is 41.0 Å². The molecule has 1 spiro atoms. The molecule has 0 radical (unpaired) electrons. The zero-order chi connectivity index (χ0) is 16.9. The van der Waals surface area contributed by atoms with E-state index in [1.54, 1.807) is 6.92 Å². The molecule has 3 rings (SSSR count). The lowest BCUT2D eigenvalue weighted by Crippen LogP contribution is -2.44. The van der Waals surface area contributed by atoms with Crippen molar-refractivity contribution in [2.24, 2.45) is 5.41 Å². The van der Waals surface area contributed by atoms with E-state index in [-0.39, 0.29) is 17.8 Å². The van der Waals surface area contributed by atoms with Crippen LogP contribution in [0.2, 0.25) is 0 Å². The van der Waals surface area contributed by atoms with Gasteiger partial charge in [0.15, 0.2) is 0 Å². The summed E-state index contributed by atoms with van der Waals surface area (Å²) in [6.07, 6.45) is 4.31. The lowest BCUT2D eigenvalue weighted by Gasteiger charge is -2.20. The molecule has 1 aliphatic heterocycles. The molecule has 1 atom stereocenters. The van der Waals surface area contributed by atoms with Crippen LogP contribution >= 0.6 is 23.2 Å². The van der Waals surface area contributed by atoms with Gasteiger partial charge in [0.2, 0.25) is 5.91 Å². The topological polar surface area (TPSA) is 78.5 Å². The van der Waals surface area contributed by atoms with Crippen molar-refractivity contribution in [3.63, 3.8) is 0 Å². The van der Waals surface area contributed by atoms with Gasteiger partial charge in [0.1, 0.15) is 9.87 Å². The molecule has 0 aromatic rings. The molecule has 4 amide bonds. The first-order valence-corrected chi connectivity index (χ1v) is 8.78. The summed E-state index contributed by atoms with van der Waals surface area (Å²) in [6.45, 7) is 2.41. The summed E-state index contributed by atoms with van der Waals surface area (Å²) in [7, 11) is 0. The largest absolute Gasteiger partial charge is 0.355 e. The molecule has 3 aliphatic rings. The molecule has 1 heterocycles. The molecule has 0 unspecified atom stereocenters. The van der Waals surface area contributed by atoms with Crippen LogP contribution < -0.4 is 10.6 Å². The Morgan fingerprint density at radius 3 is 2.48 bits per heavy atom. The number of amides is 4. The zero-order valence-electron chi connectivity index (χ0n) is 13.1. The Balaban J connectivity index is 1.45. The van der Waals surface area contributed by atoms with Gasteiger partial charge in [0.25, 0.3) is 5.91 Å². The average molecular weight is 362 g/mol. The van der Waals surface area contributed by atoms with Crippen LogP contribution in [0.1, 0.15) is 45.4 Å². The fourth-order valence-corrected chi connectivity index (χ4v) is 4.18. The second kappa shape index (κ2) is 5.52. The molecule has 2 N–H and O–H groups in total. The van der Waals surface area contributed by atoms with E-state index < -0.39 is 15.3 Å². The highest BCUT2D eigenvalue weighted by Gasteiger charge is 2.67. The van der Waals surface area contributed by atoms with Crippen molar-refractivity contribution in [1.82, 2.24) is 15.5 Å². The number of nitrogens with zero attached hydrogens (tertiary/aromatic N) is 1. The van der Waals surface area contributed by atoms with Crippen LogP contribution in [0.4, 0.5) is 4.79 Å². The Morgan fingerprint density at radius 1 is 1.30 bits per heavy atom. The van der Waals surface area contributed by atoms with E-state index in [4.69, 9.17) is 23.2 Å². The van der Waals surface area contributed by atoms with Gasteiger partial charge in [-0.05, 0) is 32.6 Å². The van der Waals surface area contributed by atoms with Crippen LogP contribution in [0.15, 0.2) is 0 Å². The first-order chi connectivity index (χ1) is 10.7. The zero-order valence-corrected chi connectivity index (χ0v) is 14.6. The third-order valence-electron chi connectivity index (χ3n) is 5.31.